The molecule has 0 bridgehead atoms. The van der Waals surface area contributed by atoms with E-state index in [-0.39, 0.29) is 5.56 Å². The molecule has 0 aliphatic rings. The average Bonchev–Trinajstić information content (AvgIpc) is 2.50. The maximum Gasteiger partial charge on any atom is 0.258 e. The molecule has 102 valence electrons. The van der Waals surface area contributed by atoms with Gasteiger partial charge in [-0.25, -0.2) is 0 Å². The third-order valence-electron chi connectivity index (χ3n) is 3.35. The van der Waals surface area contributed by atoms with Crippen LogP contribution in [0.25, 0.3) is 10.8 Å². The van der Waals surface area contributed by atoms with Crippen molar-refractivity contribution in [3.05, 3.63) is 81.2 Å². The lowest BCUT2D eigenvalue weighted by Crippen LogP contribution is -2.20. The van der Waals surface area contributed by atoms with Gasteiger partial charge in [-0.2, -0.15) is 5.26 Å². The number of nitriles is 1. The summed E-state index contributed by atoms with van der Waals surface area (Å²) >= 11 is 5.93. The van der Waals surface area contributed by atoms with Crippen LogP contribution in [0, 0.1) is 11.3 Å². The Hall–Kier alpha value is -2.57. The molecule has 1 aromatic heterocycles. The third-order valence-corrected chi connectivity index (χ3v) is 3.58. The van der Waals surface area contributed by atoms with E-state index in [9.17, 15) is 4.79 Å². The monoisotopic (exact) mass is 294 g/mol. The summed E-state index contributed by atoms with van der Waals surface area (Å²) in [6.07, 6.45) is 1.75. The van der Waals surface area contributed by atoms with Crippen LogP contribution in [0.5, 0.6) is 0 Å². The van der Waals surface area contributed by atoms with Gasteiger partial charge in [0.1, 0.15) is 0 Å². The zero-order chi connectivity index (χ0) is 14.8. The van der Waals surface area contributed by atoms with Crippen LogP contribution < -0.4 is 5.56 Å². The fourth-order valence-electron chi connectivity index (χ4n) is 2.32. The van der Waals surface area contributed by atoms with Gasteiger partial charge in [0.2, 0.25) is 0 Å². The van der Waals surface area contributed by atoms with E-state index in [1.165, 1.54) is 0 Å². The molecule has 21 heavy (non-hydrogen) atoms. The van der Waals surface area contributed by atoms with Gasteiger partial charge in [0.15, 0.2) is 0 Å². The maximum atomic E-state index is 12.5. The molecule has 1 heterocycles. The first-order chi connectivity index (χ1) is 10.2. The van der Waals surface area contributed by atoms with E-state index in [2.05, 4.69) is 6.07 Å². The molecule has 0 N–H and O–H groups in total. The van der Waals surface area contributed by atoms with Crippen LogP contribution in [0.1, 0.15) is 11.1 Å². The number of pyridine rings is 1. The van der Waals surface area contributed by atoms with Gasteiger partial charge in [-0.05, 0) is 47.3 Å². The molecule has 2 aromatic carbocycles. The first kappa shape index (κ1) is 13.4. The van der Waals surface area contributed by atoms with Crippen molar-refractivity contribution >= 4 is 22.4 Å². The van der Waals surface area contributed by atoms with Crippen molar-refractivity contribution in [1.82, 2.24) is 4.57 Å². The van der Waals surface area contributed by atoms with Gasteiger partial charge < -0.3 is 4.57 Å². The van der Waals surface area contributed by atoms with E-state index in [1.54, 1.807) is 41.1 Å². The highest BCUT2D eigenvalue weighted by molar-refractivity contribution is 6.31. The zero-order valence-electron chi connectivity index (χ0n) is 11.1. The summed E-state index contributed by atoms with van der Waals surface area (Å²) in [6, 6.07) is 16.5. The zero-order valence-corrected chi connectivity index (χ0v) is 11.8. The van der Waals surface area contributed by atoms with Gasteiger partial charge in [0.25, 0.3) is 5.56 Å². The lowest BCUT2D eigenvalue weighted by Gasteiger charge is -2.08. The highest BCUT2D eigenvalue weighted by atomic mass is 35.5. The van der Waals surface area contributed by atoms with E-state index < -0.39 is 0 Å². The summed E-state index contributed by atoms with van der Waals surface area (Å²) in [4.78, 5) is 12.5. The number of rotatable bonds is 2. The Kier molecular flexibility index (Phi) is 3.47. The molecule has 0 spiro atoms. The number of halogens is 1. The van der Waals surface area contributed by atoms with Crippen molar-refractivity contribution in [2.75, 3.05) is 0 Å². The summed E-state index contributed by atoms with van der Waals surface area (Å²) in [6.45, 7) is 0.437. The summed E-state index contributed by atoms with van der Waals surface area (Å²) in [7, 11) is 0. The first-order valence-corrected chi connectivity index (χ1v) is 6.83. The molecule has 4 heteroatoms. The van der Waals surface area contributed by atoms with Crippen LogP contribution in [-0.4, -0.2) is 4.57 Å². The van der Waals surface area contributed by atoms with Gasteiger partial charge in [-0.15, -0.1) is 0 Å². The second-order valence-corrected chi connectivity index (χ2v) is 5.23. The average molecular weight is 295 g/mol. The summed E-state index contributed by atoms with van der Waals surface area (Å²) in [5, 5.41) is 11.0. The third kappa shape index (κ3) is 2.67. The van der Waals surface area contributed by atoms with Crippen molar-refractivity contribution < 1.29 is 0 Å². The molecule has 0 saturated carbocycles. The van der Waals surface area contributed by atoms with Crippen molar-refractivity contribution in [1.29, 1.82) is 5.26 Å². The largest absolute Gasteiger partial charge is 0.311 e. The Bertz CT molecular complexity index is 922. The molecule has 0 radical (unpaired) electrons. The van der Waals surface area contributed by atoms with Gasteiger partial charge in [-0.3, -0.25) is 4.79 Å². The minimum absolute atomic E-state index is 0.0634. The Balaban J connectivity index is 2.05. The molecule has 0 atom stereocenters. The number of aromatic nitrogens is 1. The molecular weight excluding hydrogens is 284 g/mol. The highest BCUT2D eigenvalue weighted by Gasteiger charge is 2.04. The molecule has 0 saturated heterocycles. The summed E-state index contributed by atoms with van der Waals surface area (Å²) in [5.74, 6) is 0. The van der Waals surface area contributed by atoms with Crippen LogP contribution in [-0.2, 0) is 6.54 Å². The first-order valence-electron chi connectivity index (χ1n) is 6.45. The van der Waals surface area contributed by atoms with Crippen molar-refractivity contribution in [3.8, 4) is 6.07 Å². The minimum Gasteiger partial charge on any atom is -0.311 e. The molecular formula is C17H11ClN2O. The van der Waals surface area contributed by atoms with Crippen LogP contribution in [0.3, 0.4) is 0 Å². The second-order valence-electron chi connectivity index (χ2n) is 4.79. The van der Waals surface area contributed by atoms with Crippen molar-refractivity contribution in [2.45, 2.75) is 6.54 Å². The predicted molar refractivity (Wildman–Crippen MR) is 83.5 cm³/mol. The fraction of sp³-hybridized carbons (Fsp3) is 0.0588. The quantitative estimate of drug-likeness (QED) is 0.725. The topological polar surface area (TPSA) is 45.8 Å². The molecule has 3 aromatic rings. The second kappa shape index (κ2) is 5.43. The van der Waals surface area contributed by atoms with E-state index in [0.717, 1.165) is 10.9 Å². The normalized spacial score (nSPS) is 10.5. The lowest BCUT2D eigenvalue weighted by atomic mass is 10.1. The Morgan fingerprint density at radius 3 is 2.81 bits per heavy atom. The standard InChI is InChI=1S/C17H11ClN2O/c18-15-4-5-16-14(9-15)6-7-20(17(16)21)11-13-3-1-2-12(8-13)10-19/h1-9H,11H2. The number of hydrogen-bond donors (Lipinski definition) is 0. The van der Waals surface area contributed by atoms with Crippen molar-refractivity contribution in [2.24, 2.45) is 0 Å². The van der Waals surface area contributed by atoms with Crippen LogP contribution in [0.2, 0.25) is 5.02 Å². The molecule has 3 nitrogen and oxygen atoms in total. The Morgan fingerprint density at radius 2 is 2.00 bits per heavy atom. The van der Waals surface area contributed by atoms with E-state index in [1.807, 2.05) is 18.2 Å². The molecule has 0 aliphatic heterocycles. The predicted octanol–water partition coefficient (Wildman–Crippen LogP) is 3.57. The van der Waals surface area contributed by atoms with E-state index in [0.29, 0.717) is 22.5 Å². The number of fused-ring (bicyclic) bond motifs is 1. The van der Waals surface area contributed by atoms with E-state index in [4.69, 9.17) is 16.9 Å². The molecule has 3 rings (SSSR count). The fourth-order valence-corrected chi connectivity index (χ4v) is 2.50. The number of nitrogens with zero attached hydrogens (tertiary/aromatic N) is 2. The smallest absolute Gasteiger partial charge is 0.258 e. The van der Waals surface area contributed by atoms with Crippen LogP contribution >= 0.6 is 11.6 Å². The summed E-state index contributed by atoms with van der Waals surface area (Å²) < 4.78 is 1.63. The highest BCUT2D eigenvalue weighted by Crippen LogP contribution is 2.16. The van der Waals surface area contributed by atoms with E-state index >= 15 is 0 Å². The van der Waals surface area contributed by atoms with Gasteiger partial charge >= 0.3 is 0 Å². The Morgan fingerprint density at radius 1 is 1.14 bits per heavy atom. The molecule has 0 amide bonds. The van der Waals surface area contributed by atoms with Crippen molar-refractivity contribution in [3.63, 3.8) is 0 Å². The number of hydrogen-bond acceptors (Lipinski definition) is 2. The lowest BCUT2D eigenvalue weighted by molar-refractivity contribution is 0.768. The Labute approximate surface area is 126 Å². The van der Waals surface area contributed by atoms with Gasteiger partial charge in [0.05, 0.1) is 18.2 Å². The molecule has 0 fully saturated rings. The molecule has 0 unspecified atom stereocenters. The minimum atomic E-state index is -0.0634. The maximum absolute atomic E-state index is 12.5. The van der Waals surface area contributed by atoms with Gasteiger partial charge in [-0.1, -0.05) is 23.7 Å². The van der Waals surface area contributed by atoms with Crippen LogP contribution in [0.4, 0.5) is 0 Å². The summed E-state index contributed by atoms with van der Waals surface area (Å²) in [5.41, 5.74) is 1.45. The SMILES string of the molecule is N#Cc1cccc(Cn2ccc3cc(Cl)ccc3c2=O)c1. The number of benzene rings is 2. The van der Waals surface area contributed by atoms with Gasteiger partial charge in [0, 0.05) is 16.6 Å². The van der Waals surface area contributed by atoms with Crippen LogP contribution in [0.15, 0.2) is 59.5 Å². The molecule has 0 aliphatic carbocycles.